The summed E-state index contributed by atoms with van der Waals surface area (Å²) in [5, 5.41) is 7.69. The molecule has 0 saturated carbocycles. The van der Waals surface area contributed by atoms with Gasteiger partial charge in [-0.1, -0.05) is 6.07 Å². The molecule has 0 bridgehead atoms. The molecule has 2 heterocycles. The Morgan fingerprint density at radius 1 is 1.16 bits per heavy atom. The zero-order chi connectivity index (χ0) is 17.8. The smallest absolute Gasteiger partial charge is 0.293 e. The minimum atomic E-state index is -0.370. The van der Waals surface area contributed by atoms with Crippen LogP contribution in [0.5, 0.6) is 0 Å². The summed E-state index contributed by atoms with van der Waals surface area (Å²) in [5.41, 5.74) is 3.55. The first-order valence-electron chi connectivity index (χ1n) is 7.67. The zero-order valence-electron chi connectivity index (χ0n) is 13.8. The summed E-state index contributed by atoms with van der Waals surface area (Å²) < 4.78 is 5.03. The van der Waals surface area contributed by atoms with Gasteiger partial charge in [-0.15, -0.1) is 11.3 Å². The fourth-order valence-electron chi connectivity index (χ4n) is 2.43. The van der Waals surface area contributed by atoms with E-state index in [-0.39, 0.29) is 24.0 Å². The first kappa shape index (κ1) is 16.9. The van der Waals surface area contributed by atoms with Gasteiger partial charge < -0.3 is 9.73 Å². The van der Waals surface area contributed by atoms with E-state index in [1.165, 1.54) is 17.6 Å². The lowest BCUT2D eigenvalue weighted by Gasteiger charge is -2.06. The highest BCUT2D eigenvalue weighted by molar-refractivity contribution is 7.14. The summed E-state index contributed by atoms with van der Waals surface area (Å²) in [4.78, 5) is 28.3. The highest BCUT2D eigenvalue weighted by Gasteiger charge is 2.13. The van der Waals surface area contributed by atoms with Crippen LogP contribution in [0.4, 0.5) is 10.8 Å². The van der Waals surface area contributed by atoms with E-state index in [0.717, 1.165) is 16.8 Å². The third kappa shape index (κ3) is 4.54. The molecule has 2 aromatic heterocycles. The molecule has 25 heavy (non-hydrogen) atoms. The quantitative estimate of drug-likeness (QED) is 0.729. The molecule has 0 aliphatic heterocycles. The van der Waals surface area contributed by atoms with Crippen LogP contribution < -0.4 is 10.6 Å². The minimum absolute atomic E-state index is 0.139. The number of nitrogens with zero attached hydrogens (tertiary/aromatic N) is 1. The molecule has 3 rings (SSSR count). The summed E-state index contributed by atoms with van der Waals surface area (Å²) in [5.74, 6) is -0.311. The fourth-order valence-corrected chi connectivity index (χ4v) is 3.13. The number of nitrogens with one attached hydrogen (secondary N) is 2. The van der Waals surface area contributed by atoms with Crippen LogP contribution in [0.25, 0.3) is 0 Å². The Bertz CT molecular complexity index is 880. The number of furan rings is 1. The standard InChI is InChI=1S/C18H17N3O3S/c1-11-6-12(2)8-13(7-11)19-16(22)9-14-10-25-18(20-14)21-17(23)15-4-3-5-24-15/h3-8,10H,9H2,1-2H3,(H,19,22)(H,20,21,23). The average Bonchev–Trinajstić information content (AvgIpc) is 3.17. The topological polar surface area (TPSA) is 84.2 Å². The molecule has 0 saturated heterocycles. The van der Waals surface area contributed by atoms with E-state index in [1.54, 1.807) is 17.5 Å². The van der Waals surface area contributed by atoms with Crippen LogP contribution in [-0.2, 0) is 11.2 Å². The first-order valence-corrected chi connectivity index (χ1v) is 8.55. The number of aromatic nitrogens is 1. The Balaban J connectivity index is 1.59. The van der Waals surface area contributed by atoms with Gasteiger partial charge in [0.05, 0.1) is 18.4 Å². The summed E-state index contributed by atoms with van der Waals surface area (Å²) in [6.45, 7) is 3.97. The number of thiazole rings is 1. The van der Waals surface area contributed by atoms with Crippen LogP contribution in [0.2, 0.25) is 0 Å². The van der Waals surface area contributed by atoms with E-state index in [1.807, 2.05) is 32.0 Å². The van der Waals surface area contributed by atoms with Gasteiger partial charge in [-0.3, -0.25) is 14.9 Å². The molecule has 2 N–H and O–H groups in total. The molecule has 2 amide bonds. The normalized spacial score (nSPS) is 10.5. The van der Waals surface area contributed by atoms with Crippen LogP contribution in [0.1, 0.15) is 27.4 Å². The summed E-state index contributed by atoms with van der Waals surface area (Å²) in [7, 11) is 0. The van der Waals surface area contributed by atoms with Crippen molar-refractivity contribution >= 4 is 34.0 Å². The monoisotopic (exact) mass is 355 g/mol. The number of hydrogen-bond donors (Lipinski definition) is 2. The van der Waals surface area contributed by atoms with Crippen LogP contribution in [-0.4, -0.2) is 16.8 Å². The maximum Gasteiger partial charge on any atom is 0.293 e. The van der Waals surface area contributed by atoms with Crippen molar-refractivity contribution in [3.05, 3.63) is 64.6 Å². The van der Waals surface area contributed by atoms with E-state index >= 15 is 0 Å². The Labute approximate surface area is 148 Å². The number of anilines is 2. The number of benzene rings is 1. The van der Waals surface area contributed by atoms with E-state index < -0.39 is 0 Å². The van der Waals surface area contributed by atoms with Gasteiger partial charge in [0.2, 0.25) is 5.91 Å². The number of hydrogen-bond acceptors (Lipinski definition) is 5. The Kier molecular flexibility index (Phi) is 4.95. The Hall–Kier alpha value is -2.93. The van der Waals surface area contributed by atoms with Crippen molar-refractivity contribution in [2.45, 2.75) is 20.3 Å². The molecule has 0 spiro atoms. The molecule has 7 heteroatoms. The minimum Gasteiger partial charge on any atom is -0.459 e. The maximum atomic E-state index is 12.2. The molecule has 0 fully saturated rings. The van der Waals surface area contributed by atoms with E-state index in [4.69, 9.17) is 4.42 Å². The molecule has 128 valence electrons. The van der Waals surface area contributed by atoms with Crippen molar-refractivity contribution in [1.29, 1.82) is 0 Å². The summed E-state index contributed by atoms with van der Waals surface area (Å²) in [6.07, 6.45) is 1.57. The van der Waals surface area contributed by atoms with Crippen molar-refractivity contribution < 1.29 is 14.0 Å². The van der Waals surface area contributed by atoms with Gasteiger partial charge in [0.25, 0.3) is 5.91 Å². The molecule has 1 aromatic carbocycles. The number of aryl methyl sites for hydroxylation is 2. The third-order valence-electron chi connectivity index (χ3n) is 3.36. The third-order valence-corrected chi connectivity index (χ3v) is 4.17. The van der Waals surface area contributed by atoms with Gasteiger partial charge in [-0.2, -0.15) is 0 Å². The van der Waals surface area contributed by atoms with Crippen LogP contribution in [0.3, 0.4) is 0 Å². The number of carbonyl (C=O) groups excluding carboxylic acids is 2. The number of amides is 2. The largest absolute Gasteiger partial charge is 0.459 e. The van der Waals surface area contributed by atoms with Gasteiger partial charge >= 0.3 is 0 Å². The zero-order valence-corrected chi connectivity index (χ0v) is 14.6. The average molecular weight is 355 g/mol. The van der Waals surface area contributed by atoms with Gasteiger partial charge in [-0.25, -0.2) is 4.98 Å². The van der Waals surface area contributed by atoms with Crippen molar-refractivity contribution in [3.63, 3.8) is 0 Å². The second-order valence-electron chi connectivity index (χ2n) is 5.68. The predicted octanol–water partition coefficient (Wildman–Crippen LogP) is 3.79. The molecule has 0 atom stereocenters. The first-order chi connectivity index (χ1) is 12.0. The molecule has 0 aliphatic carbocycles. The fraction of sp³-hybridized carbons (Fsp3) is 0.167. The summed E-state index contributed by atoms with van der Waals surface area (Å²) >= 11 is 1.26. The Morgan fingerprint density at radius 3 is 2.60 bits per heavy atom. The van der Waals surface area contributed by atoms with Crippen molar-refractivity contribution in [2.75, 3.05) is 10.6 Å². The summed E-state index contributed by atoms with van der Waals surface area (Å²) in [6, 6.07) is 9.09. The van der Waals surface area contributed by atoms with E-state index in [0.29, 0.717) is 10.8 Å². The van der Waals surface area contributed by atoms with Crippen molar-refractivity contribution in [2.24, 2.45) is 0 Å². The van der Waals surface area contributed by atoms with E-state index in [9.17, 15) is 9.59 Å². The van der Waals surface area contributed by atoms with E-state index in [2.05, 4.69) is 15.6 Å². The molecule has 3 aromatic rings. The SMILES string of the molecule is Cc1cc(C)cc(NC(=O)Cc2csc(NC(=O)c3ccco3)n2)c1. The highest BCUT2D eigenvalue weighted by atomic mass is 32.1. The Morgan fingerprint density at radius 2 is 1.92 bits per heavy atom. The van der Waals surface area contributed by atoms with Gasteiger partial charge in [0.15, 0.2) is 10.9 Å². The molecule has 0 unspecified atom stereocenters. The molecular weight excluding hydrogens is 338 g/mol. The van der Waals surface area contributed by atoms with Crippen molar-refractivity contribution in [1.82, 2.24) is 4.98 Å². The predicted molar refractivity (Wildman–Crippen MR) is 97.0 cm³/mol. The van der Waals surface area contributed by atoms with Gasteiger partial charge in [0, 0.05) is 11.1 Å². The molecule has 6 nitrogen and oxygen atoms in total. The second-order valence-corrected chi connectivity index (χ2v) is 6.53. The second kappa shape index (κ2) is 7.31. The number of rotatable bonds is 5. The van der Waals surface area contributed by atoms with Crippen molar-refractivity contribution in [3.8, 4) is 0 Å². The molecule has 0 radical (unpaired) electrons. The van der Waals surface area contributed by atoms with Crippen LogP contribution in [0.15, 0.2) is 46.4 Å². The van der Waals surface area contributed by atoms with Crippen LogP contribution >= 0.6 is 11.3 Å². The van der Waals surface area contributed by atoms with Crippen LogP contribution in [0, 0.1) is 13.8 Å². The lowest BCUT2D eigenvalue weighted by molar-refractivity contribution is -0.115. The lowest BCUT2D eigenvalue weighted by atomic mass is 10.1. The molecular formula is C18H17N3O3S. The lowest BCUT2D eigenvalue weighted by Crippen LogP contribution is -2.15. The molecule has 0 aliphatic rings. The van der Waals surface area contributed by atoms with Gasteiger partial charge in [0.1, 0.15) is 0 Å². The number of carbonyl (C=O) groups is 2. The highest BCUT2D eigenvalue weighted by Crippen LogP contribution is 2.18. The van der Waals surface area contributed by atoms with Gasteiger partial charge in [-0.05, 0) is 49.2 Å². The maximum absolute atomic E-state index is 12.2.